The molecule has 0 amide bonds. The molecule has 0 aliphatic rings. The topological polar surface area (TPSA) is 73.0 Å². The van der Waals surface area contributed by atoms with Crippen LogP contribution in [0.25, 0.3) is 0 Å². The third-order valence-electron chi connectivity index (χ3n) is 2.52. The zero-order valence-corrected chi connectivity index (χ0v) is 12.3. The van der Waals surface area contributed by atoms with Crippen LogP contribution in [-0.2, 0) is 7.05 Å². The van der Waals surface area contributed by atoms with Crippen LogP contribution in [0, 0.1) is 26.4 Å². The molecule has 2 aromatic rings. The molecule has 0 spiro atoms. The minimum Gasteiger partial charge on any atom is -0.347 e. The number of nitro benzene ring substituents is 1. The predicted molar refractivity (Wildman–Crippen MR) is 77.0 cm³/mol. The van der Waals surface area contributed by atoms with Gasteiger partial charge in [0.15, 0.2) is 0 Å². The molecule has 1 aromatic carbocycles. The molecule has 0 atom stereocenters. The van der Waals surface area contributed by atoms with Crippen molar-refractivity contribution in [3.8, 4) is 0 Å². The number of benzene rings is 1. The Bertz CT molecular complexity index is 656. The van der Waals surface area contributed by atoms with Gasteiger partial charge >= 0.3 is 0 Å². The first-order chi connectivity index (χ1) is 8.88. The van der Waals surface area contributed by atoms with Crippen LogP contribution in [0.4, 0.5) is 21.5 Å². The van der Waals surface area contributed by atoms with Crippen molar-refractivity contribution in [3.63, 3.8) is 0 Å². The Balaban J connectivity index is 2.47. The van der Waals surface area contributed by atoms with Gasteiger partial charge < -0.3 is 5.32 Å². The number of halogens is 2. The lowest BCUT2D eigenvalue weighted by atomic mass is 10.2. The fraction of sp³-hybridized carbons (Fsp3) is 0.182. The van der Waals surface area contributed by atoms with E-state index in [9.17, 15) is 14.5 Å². The zero-order valence-electron chi connectivity index (χ0n) is 10.1. The molecule has 2 rings (SSSR count). The Kier molecular flexibility index (Phi) is 3.69. The zero-order chi connectivity index (χ0) is 14.2. The molecular weight excluding hydrogens is 366 g/mol. The van der Waals surface area contributed by atoms with Gasteiger partial charge in [-0.15, -0.1) is 0 Å². The van der Waals surface area contributed by atoms with Crippen LogP contribution in [0.1, 0.15) is 5.69 Å². The van der Waals surface area contributed by atoms with Gasteiger partial charge in [0, 0.05) is 25.4 Å². The smallest absolute Gasteiger partial charge is 0.293 e. The molecular formula is C11H10FIN4O2. The fourth-order valence-electron chi connectivity index (χ4n) is 1.65. The highest BCUT2D eigenvalue weighted by Gasteiger charge is 2.18. The van der Waals surface area contributed by atoms with Crippen LogP contribution in [0.2, 0.25) is 0 Å². The molecule has 0 aliphatic carbocycles. The molecule has 1 N–H and O–H groups in total. The predicted octanol–water partition coefficient (Wildman–Crippen LogP) is 3.12. The first kappa shape index (κ1) is 13.7. The van der Waals surface area contributed by atoms with Crippen molar-refractivity contribution in [2.75, 3.05) is 5.32 Å². The first-order valence-corrected chi connectivity index (χ1v) is 6.37. The third kappa shape index (κ3) is 2.83. The van der Waals surface area contributed by atoms with Gasteiger partial charge in [-0.05, 0) is 29.5 Å². The maximum atomic E-state index is 13.5. The SMILES string of the molecule is Cc1nn(C)cc1Nc1cc(F)c(I)cc1[N+](=O)[O-]. The fourth-order valence-corrected chi connectivity index (χ4v) is 2.11. The Morgan fingerprint density at radius 2 is 2.16 bits per heavy atom. The summed E-state index contributed by atoms with van der Waals surface area (Å²) < 4.78 is 15.3. The average molecular weight is 376 g/mol. The van der Waals surface area contributed by atoms with Crippen molar-refractivity contribution in [2.24, 2.45) is 7.05 Å². The summed E-state index contributed by atoms with van der Waals surface area (Å²) in [6.07, 6.45) is 1.68. The van der Waals surface area contributed by atoms with Gasteiger partial charge in [-0.25, -0.2) is 4.39 Å². The van der Waals surface area contributed by atoms with Gasteiger partial charge in [0.1, 0.15) is 11.5 Å². The quantitative estimate of drug-likeness (QED) is 0.508. The summed E-state index contributed by atoms with van der Waals surface area (Å²) in [5.41, 5.74) is 1.22. The van der Waals surface area contributed by atoms with E-state index in [0.29, 0.717) is 11.4 Å². The maximum absolute atomic E-state index is 13.5. The van der Waals surface area contributed by atoms with E-state index in [4.69, 9.17) is 0 Å². The van der Waals surface area contributed by atoms with Crippen molar-refractivity contribution in [1.29, 1.82) is 0 Å². The van der Waals surface area contributed by atoms with E-state index in [0.717, 1.165) is 6.07 Å². The number of nitrogens with one attached hydrogen (secondary N) is 1. The Morgan fingerprint density at radius 1 is 1.47 bits per heavy atom. The molecule has 0 saturated heterocycles. The van der Waals surface area contributed by atoms with E-state index in [1.807, 2.05) is 0 Å². The number of anilines is 2. The number of aromatic nitrogens is 2. The summed E-state index contributed by atoms with van der Waals surface area (Å²) in [5, 5.41) is 17.9. The number of nitrogens with zero attached hydrogens (tertiary/aromatic N) is 3. The summed E-state index contributed by atoms with van der Waals surface area (Å²) >= 11 is 1.72. The van der Waals surface area contributed by atoms with Crippen LogP contribution in [0.15, 0.2) is 18.3 Å². The van der Waals surface area contributed by atoms with E-state index in [2.05, 4.69) is 10.4 Å². The van der Waals surface area contributed by atoms with Crippen molar-refractivity contribution in [2.45, 2.75) is 6.92 Å². The second-order valence-electron chi connectivity index (χ2n) is 3.97. The summed E-state index contributed by atoms with van der Waals surface area (Å²) in [6.45, 7) is 1.76. The molecule has 1 heterocycles. The Morgan fingerprint density at radius 3 is 2.68 bits per heavy atom. The molecule has 0 unspecified atom stereocenters. The molecule has 1 aromatic heterocycles. The van der Waals surface area contributed by atoms with Crippen molar-refractivity contribution < 1.29 is 9.31 Å². The third-order valence-corrected chi connectivity index (χ3v) is 3.34. The molecule has 6 nitrogen and oxygen atoms in total. The van der Waals surface area contributed by atoms with E-state index >= 15 is 0 Å². The Labute approximate surface area is 121 Å². The van der Waals surface area contributed by atoms with Gasteiger partial charge in [-0.3, -0.25) is 14.8 Å². The monoisotopic (exact) mass is 376 g/mol. The highest BCUT2D eigenvalue weighted by atomic mass is 127. The Hall–Kier alpha value is -1.71. The largest absolute Gasteiger partial charge is 0.347 e. The van der Waals surface area contributed by atoms with Crippen molar-refractivity contribution in [3.05, 3.63) is 43.5 Å². The normalized spacial score (nSPS) is 10.5. The number of aryl methyl sites for hydroxylation is 2. The van der Waals surface area contributed by atoms with E-state index in [1.54, 1.807) is 47.4 Å². The van der Waals surface area contributed by atoms with Crippen LogP contribution >= 0.6 is 22.6 Å². The molecule has 100 valence electrons. The van der Waals surface area contributed by atoms with Crippen LogP contribution in [0.5, 0.6) is 0 Å². The van der Waals surface area contributed by atoms with Crippen LogP contribution < -0.4 is 5.32 Å². The summed E-state index contributed by atoms with van der Waals surface area (Å²) in [5.74, 6) is -0.504. The number of hydrogen-bond donors (Lipinski definition) is 1. The standard InChI is InChI=1S/C11H10FIN4O2/c1-6-10(5-16(2)15-6)14-9-3-7(12)8(13)4-11(9)17(18)19/h3-5,14H,1-2H3. The van der Waals surface area contributed by atoms with Crippen LogP contribution in [0.3, 0.4) is 0 Å². The first-order valence-electron chi connectivity index (χ1n) is 5.29. The van der Waals surface area contributed by atoms with Gasteiger partial charge in [-0.1, -0.05) is 0 Å². The molecule has 0 aliphatic heterocycles. The van der Waals surface area contributed by atoms with Crippen LogP contribution in [-0.4, -0.2) is 14.7 Å². The van der Waals surface area contributed by atoms with E-state index in [-0.39, 0.29) is 14.9 Å². The molecule has 8 heteroatoms. The number of hydrogen-bond acceptors (Lipinski definition) is 4. The average Bonchev–Trinajstić information content (AvgIpc) is 2.62. The van der Waals surface area contributed by atoms with Crippen molar-refractivity contribution >= 4 is 39.7 Å². The minimum absolute atomic E-state index is 0.110. The summed E-state index contributed by atoms with van der Waals surface area (Å²) in [4.78, 5) is 10.4. The van der Waals surface area contributed by atoms with Gasteiger partial charge in [0.05, 0.1) is 19.9 Å². The van der Waals surface area contributed by atoms with E-state index < -0.39 is 10.7 Å². The van der Waals surface area contributed by atoms with Gasteiger partial charge in [-0.2, -0.15) is 5.10 Å². The lowest BCUT2D eigenvalue weighted by Gasteiger charge is -2.07. The van der Waals surface area contributed by atoms with Gasteiger partial charge in [0.2, 0.25) is 0 Å². The van der Waals surface area contributed by atoms with Gasteiger partial charge in [0.25, 0.3) is 5.69 Å². The summed E-state index contributed by atoms with van der Waals surface area (Å²) in [6, 6.07) is 2.32. The molecule has 0 fully saturated rings. The highest BCUT2D eigenvalue weighted by Crippen LogP contribution is 2.31. The maximum Gasteiger partial charge on any atom is 0.293 e. The molecule has 19 heavy (non-hydrogen) atoms. The molecule has 0 bridgehead atoms. The summed E-state index contributed by atoms with van der Waals surface area (Å²) in [7, 11) is 1.74. The van der Waals surface area contributed by atoms with Crippen molar-refractivity contribution in [1.82, 2.24) is 9.78 Å². The highest BCUT2D eigenvalue weighted by molar-refractivity contribution is 14.1. The van der Waals surface area contributed by atoms with E-state index in [1.165, 1.54) is 6.07 Å². The number of rotatable bonds is 3. The molecule has 0 radical (unpaired) electrons. The number of nitro groups is 1. The second kappa shape index (κ2) is 5.11. The lowest BCUT2D eigenvalue weighted by Crippen LogP contribution is -1.99. The lowest BCUT2D eigenvalue weighted by molar-refractivity contribution is -0.384. The minimum atomic E-state index is -0.546. The second-order valence-corrected chi connectivity index (χ2v) is 5.13. The molecule has 0 saturated carbocycles.